The van der Waals surface area contributed by atoms with Gasteiger partial charge in [0.05, 0.1) is 16.6 Å². The first kappa shape index (κ1) is 27.0. The van der Waals surface area contributed by atoms with Crippen LogP contribution in [-0.2, 0) is 16.4 Å². The molecule has 0 fully saturated rings. The predicted octanol–water partition coefficient (Wildman–Crippen LogP) is 6.46. The molecule has 0 unspecified atom stereocenters. The zero-order valence-electron chi connectivity index (χ0n) is 21.4. The van der Waals surface area contributed by atoms with Crippen LogP contribution in [0.4, 0.5) is 13.6 Å². The molecule has 6 nitrogen and oxygen atoms in total. The number of halogens is 2. The maximum atomic E-state index is 14.0. The molecule has 0 spiro atoms. The van der Waals surface area contributed by atoms with Crippen molar-refractivity contribution >= 4 is 26.8 Å². The third-order valence-corrected chi connectivity index (χ3v) is 8.00. The van der Waals surface area contributed by atoms with Gasteiger partial charge in [-0.2, -0.15) is 0 Å². The van der Waals surface area contributed by atoms with Crippen molar-refractivity contribution in [2.45, 2.75) is 24.3 Å². The van der Waals surface area contributed by atoms with E-state index in [9.17, 15) is 22.0 Å². The number of aryl methyl sites for hydroxylation is 1. The highest BCUT2D eigenvalue weighted by Crippen LogP contribution is 2.31. The summed E-state index contributed by atoms with van der Waals surface area (Å²) in [6.07, 6.45) is 1.49. The molecule has 0 aliphatic heterocycles. The lowest BCUT2D eigenvalue weighted by molar-refractivity contribution is 0.242. The van der Waals surface area contributed by atoms with E-state index in [1.54, 1.807) is 37.4 Å². The zero-order valence-corrected chi connectivity index (χ0v) is 22.3. The molecule has 9 heteroatoms. The van der Waals surface area contributed by atoms with Crippen molar-refractivity contribution in [3.05, 3.63) is 132 Å². The first-order valence-electron chi connectivity index (χ1n) is 12.5. The standard InChI is InChI=1S/C31H25F2N3O3S/c1-20-7-2-5-11-29(20)40(38,39)36-31(37)35-28(17-21-15-25(32)19-26(33)16-21)30-27(10-6-14-34-30)24-13-12-22-8-3-4-9-23(22)18-24/h2-16,18-19,28H,17H2,1H3,(H2,35,36,37)/t28-/m0/s1. The van der Waals surface area contributed by atoms with E-state index in [1.807, 2.05) is 48.5 Å². The Kier molecular flexibility index (Phi) is 7.57. The molecule has 0 aliphatic rings. The Morgan fingerprint density at radius 3 is 2.30 bits per heavy atom. The predicted molar refractivity (Wildman–Crippen MR) is 150 cm³/mol. The van der Waals surface area contributed by atoms with Crippen molar-refractivity contribution in [2.75, 3.05) is 0 Å². The molecule has 0 aliphatic carbocycles. The first-order chi connectivity index (χ1) is 19.2. The van der Waals surface area contributed by atoms with Crippen LogP contribution in [0.3, 0.4) is 0 Å². The molecule has 202 valence electrons. The second kappa shape index (κ2) is 11.2. The van der Waals surface area contributed by atoms with E-state index >= 15 is 0 Å². The van der Waals surface area contributed by atoms with E-state index in [2.05, 4.69) is 15.0 Å². The molecular weight excluding hydrogens is 532 g/mol. The van der Waals surface area contributed by atoms with Crippen molar-refractivity contribution < 1.29 is 22.0 Å². The lowest BCUT2D eigenvalue weighted by Crippen LogP contribution is -2.42. The summed E-state index contributed by atoms with van der Waals surface area (Å²) in [7, 11) is -4.19. The van der Waals surface area contributed by atoms with E-state index in [1.165, 1.54) is 18.2 Å². The van der Waals surface area contributed by atoms with Crippen molar-refractivity contribution in [1.82, 2.24) is 15.0 Å². The summed E-state index contributed by atoms with van der Waals surface area (Å²) in [6, 6.07) is 24.7. The normalized spacial score (nSPS) is 12.2. The second-order valence-electron chi connectivity index (χ2n) is 9.38. The van der Waals surface area contributed by atoms with Gasteiger partial charge in [-0.1, -0.05) is 60.7 Å². The fourth-order valence-corrected chi connectivity index (χ4v) is 5.86. The number of pyridine rings is 1. The van der Waals surface area contributed by atoms with E-state index in [4.69, 9.17) is 0 Å². The highest BCUT2D eigenvalue weighted by atomic mass is 32.2. The van der Waals surface area contributed by atoms with Crippen LogP contribution in [0.1, 0.15) is 22.9 Å². The minimum absolute atomic E-state index is 0.0383. The molecule has 0 radical (unpaired) electrons. The first-order valence-corrected chi connectivity index (χ1v) is 14.0. The van der Waals surface area contributed by atoms with Crippen LogP contribution < -0.4 is 10.0 Å². The number of fused-ring (bicyclic) bond motifs is 1. The van der Waals surface area contributed by atoms with Crippen LogP contribution in [0.2, 0.25) is 0 Å². The Labute approximate surface area is 230 Å². The number of carbonyl (C=O) groups is 1. The van der Waals surface area contributed by atoms with Crippen LogP contribution in [0.15, 0.2) is 108 Å². The van der Waals surface area contributed by atoms with Gasteiger partial charge >= 0.3 is 6.03 Å². The van der Waals surface area contributed by atoms with E-state index in [0.29, 0.717) is 16.8 Å². The Morgan fingerprint density at radius 1 is 0.850 bits per heavy atom. The number of aromatic nitrogens is 1. The number of sulfonamides is 1. The third kappa shape index (κ3) is 6.00. The number of nitrogens with zero attached hydrogens (tertiary/aromatic N) is 1. The van der Waals surface area contributed by atoms with Gasteiger partial charge in [-0.25, -0.2) is 26.7 Å². The molecule has 40 heavy (non-hydrogen) atoms. The van der Waals surface area contributed by atoms with Crippen LogP contribution in [0.5, 0.6) is 0 Å². The summed E-state index contributed by atoms with van der Waals surface area (Å²) in [5.41, 5.74) is 2.63. The van der Waals surface area contributed by atoms with Crippen LogP contribution >= 0.6 is 0 Å². The fourth-order valence-electron chi connectivity index (χ4n) is 4.70. The molecule has 5 aromatic rings. The minimum atomic E-state index is -4.19. The molecule has 1 aromatic heterocycles. The van der Waals surface area contributed by atoms with E-state index < -0.39 is 33.7 Å². The number of nitrogens with one attached hydrogen (secondary N) is 2. The highest BCUT2D eigenvalue weighted by Gasteiger charge is 2.25. The molecule has 1 atom stereocenters. The van der Waals surface area contributed by atoms with Crippen LogP contribution in [0, 0.1) is 18.6 Å². The minimum Gasteiger partial charge on any atom is -0.329 e. The number of amides is 2. The van der Waals surface area contributed by atoms with Gasteiger partial charge in [-0.05, 0) is 71.1 Å². The van der Waals surface area contributed by atoms with Crippen molar-refractivity contribution in [2.24, 2.45) is 0 Å². The average molecular weight is 558 g/mol. The van der Waals surface area contributed by atoms with Gasteiger partial charge in [0.1, 0.15) is 11.6 Å². The number of benzene rings is 4. The van der Waals surface area contributed by atoms with Gasteiger partial charge < -0.3 is 5.32 Å². The van der Waals surface area contributed by atoms with Crippen molar-refractivity contribution in [1.29, 1.82) is 0 Å². The maximum Gasteiger partial charge on any atom is 0.329 e. The molecule has 2 N–H and O–H groups in total. The molecule has 0 bridgehead atoms. The number of rotatable bonds is 7. The number of hydrogen-bond acceptors (Lipinski definition) is 4. The Hall–Kier alpha value is -4.63. The highest BCUT2D eigenvalue weighted by molar-refractivity contribution is 7.90. The quantitative estimate of drug-likeness (QED) is 0.240. The summed E-state index contributed by atoms with van der Waals surface area (Å²) in [6.45, 7) is 1.62. The van der Waals surface area contributed by atoms with E-state index in [0.717, 1.165) is 22.4 Å². The molecular formula is C31H25F2N3O3S. The second-order valence-corrected chi connectivity index (χ2v) is 11.0. The Morgan fingerprint density at radius 2 is 1.55 bits per heavy atom. The lowest BCUT2D eigenvalue weighted by atomic mass is 9.94. The largest absolute Gasteiger partial charge is 0.329 e. The third-order valence-electron chi connectivity index (χ3n) is 6.51. The molecule has 0 saturated heterocycles. The zero-order chi connectivity index (χ0) is 28.3. The molecule has 1 heterocycles. The van der Waals surface area contributed by atoms with E-state index in [-0.39, 0.29) is 16.9 Å². The van der Waals surface area contributed by atoms with Gasteiger partial charge in [-0.15, -0.1) is 0 Å². The number of carbonyl (C=O) groups excluding carboxylic acids is 1. The van der Waals surface area contributed by atoms with Crippen LogP contribution in [-0.4, -0.2) is 19.4 Å². The number of hydrogen-bond donors (Lipinski definition) is 2. The smallest absolute Gasteiger partial charge is 0.329 e. The van der Waals surface area contributed by atoms with Gasteiger partial charge in [0.2, 0.25) is 0 Å². The maximum absolute atomic E-state index is 14.0. The molecule has 0 saturated carbocycles. The topological polar surface area (TPSA) is 88.2 Å². The van der Waals surface area contributed by atoms with Gasteiger partial charge in [0, 0.05) is 17.8 Å². The summed E-state index contributed by atoms with van der Waals surface area (Å²) < 4.78 is 56.1. The van der Waals surface area contributed by atoms with Crippen molar-refractivity contribution in [3.8, 4) is 11.1 Å². The Balaban J connectivity index is 1.53. The molecule has 2 amide bonds. The average Bonchev–Trinajstić information content (AvgIpc) is 2.92. The summed E-state index contributed by atoms with van der Waals surface area (Å²) in [5.74, 6) is -1.53. The summed E-state index contributed by atoms with van der Waals surface area (Å²) in [5, 5.41) is 4.71. The summed E-state index contributed by atoms with van der Waals surface area (Å²) >= 11 is 0. The molecule has 4 aromatic carbocycles. The SMILES string of the molecule is Cc1ccccc1S(=O)(=O)NC(=O)N[C@@H](Cc1cc(F)cc(F)c1)c1ncccc1-c1ccc2ccccc2c1. The van der Waals surface area contributed by atoms with Gasteiger partial charge in [0.25, 0.3) is 10.0 Å². The van der Waals surface area contributed by atoms with Gasteiger partial charge in [0.15, 0.2) is 0 Å². The molecule has 5 rings (SSSR count). The fraction of sp³-hybridized carbons (Fsp3) is 0.0968. The monoisotopic (exact) mass is 557 g/mol. The number of urea groups is 1. The Bertz CT molecular complexity index is 1810. The van der Waals surface area contributed by atoms with Gasteiger partial charge in [-0.3, -0.25) is 4.98 Å². The van der Waals surface area contributed by atoms with Crippen LogP contribution in [0.25, 0.3) is 21.9 Å². The summed E-state index contributed by atoms with van der Waals surface area (Å²) in [4.78, 5) is 17.6. The van der Waals surface area contributed by atoms with Crippen molar-refractivity contribution in [3.63, 3.8) is 0 Å². The lowest BCUT2D eigenvalue weighted by Gasteiger charge is -2.22.